The summed E-state index contributed by atoms with van der Waals surface area (Å²) in [6.45, 7) is 1.76. The minimum Gasteiger partial charge on any atom is -0.373 e. The van der Waals surface area contributed by atoms with Crippen LogP contribution in [0.1, 0.15) is 17.7 Å². The minimum absolute atomic E-state index is 0.286. The molecule has 0 aromatic carbocycles. The molecule has 1 rings (SSSR count). The van der Waals surface area contributed by atoms with Crippen molar-refractivity contribution in [3.63, 3.8) is 0 Å². The van der Waals surface area contributed by atoms with Crippen molar-refractivity contribution < 1.29 is 9.63 Å². The number of carbonyl (C=O) groups excluding carboxylic acids is 1. The molecule has 2 N–H and O–H groups in total. The smallest absolute Gasteiger partial charge is 0.332 e. The number of nitrogens with two attached hydrogens (primary N) is 1. The Hall–Kier alpha value is -0.390. The van der Waals surface area contributed by atoms with Crippen molar-refractivity contribution in [3.05, 3.63) is 20.8 Å². The molecule has 1 atom stereocenters. The van der Waals surface area contributed by atoms with E-state index in [1.54, 1.807) is 6.92 Å². The van der Waals surface area contributed by atoms with E-state index in [-0.39, 0.29) is 5.92 Å². The van der Waals surface area contributed by atoms with Crippen LogP contribution in [0.3, 0.4) is 0 Å². The molecule has 1 heterocycles. The molecule has 0 aliphatic carbocycles. The lowest BCUT2D eigenvalue weighted by molar-refractivity contribution is -0.145. The van der Waals surface area contributed by atoms with Crippen molar-refractivity contribution in [2.75, 3.05) is 0 Å². The van der Waals surface area contributed by atoms with E-state index in [0.29, 0.717) is 0 Å². The second-order valence-electron chi connectivity index (χ2n) is 2.33. The second kappa shape index (κ2) is 4.02. The average molecular weight is 250 g/mol. The van der Waals surface area contributed by atoms with Gasteiger partial charge in [0.15, 0.2) is 0 Å². The Balaban J connectivity index is 2.77. The first-order chi connectivity index (χ1) is 5.65. The predicted molar refractivity (Wildman–Crippen MR) is 50.7 cm³/mol. The molecule has 0 saturated carbocycles. The molecular weight excluding hydrogens is 242 g/mol. The summed E-state index contributed by atoms with van der Waals surface area (Å²) in [5.74, 6) is 4.06. The fourth-order valence-corrected chi connectivity index (χ4v) is 2.26. The number of halogens is 1. The average Bonchev–Trinajstić information content (AvgIpc) is 2.49. The molecule has 0 fully saturated rings. The summed E-state index contributed by atoms with van der Waals surface area (Å²) in [7, 11) is 0. The van der Waals surface area contributed by atoms with Gasteiger partial charge in [0.25, 0.3) is 0 Å². The van der Waals surface area contributed by atoms with E-state index >= 15 is 0 Å². The van der Waals surface area contributed by atoms with E-state index < -0.39 is 5.97 Å². The van der Waals surface area contributed by atoms with Gasteiger partial charge in [0.2, 0.25) is 0 Å². The minimum atomic E-state index is -0.413. The van der Waals surface area contributed by atoms with E-state index in [4.69, 9.17) is 5.90 Å². The van der Waals surface area contributed by atoms with Gasteiger partial charge in [0.1, 0.15) is 0 Å². The van der Waals surface area contributed by atoms with E-state index in [9.17, 15) is 4.79 Å². The van der Waals surface area contributed by atoms with E-state index in [0.717, 1.165) is 9.35 Å². The molecule has 0 aliphatic heterocycles. The summed E-state index contributed by atoms with van der Waals surface area (Å²) in [5.41, 5.74) is 0. The Bertz CT molecular complexity index is 287. The standard InChI is InChI=1S/C7H8BrNO2S/c1-4(7(10)11-9)6-2-5(8)3-12-6/h2-4H,9H2,1H3. The lowest BCUT2D eigenvalue weighted by Crippen LogP contribution is -2.15. The highest BCUT2D eigenvalue weighted by atomic mass is 79.9. The summed E-state index contributed by atoms with van der Waals surface area (Å²) in [6.07, 6.45) is 0. The van der Waals surface area contributed by atoms with Crippen LogP contribution in [0.15, 0.2) is 15.9 Å². The third-order valence-corrected chi connectivity index (χ3v) is 3.36. The summed E-state index contributed by atoms with van der Waals surface area (Å²) < 4.78 is 0.971. The van der Waals surface area contributed by atoms with Crippen LogP contribution in [0.4, 0.5) is 0 Å². The predicted octanol–water partition coefficient (Wildman–Crippen LogP) is 2.03. The molecule has 0 spiro atoms. The maximum absolute atomic E-state index is 11.0. The highest BCUT2D eigenvalue weighted by molar-refractivity contribution is 9.10. The zero-order valence-electron chi connectivity index (χ0n) is 6.41. The van der Waals surface area contributed by atoms with Crippen LogP contribution in [-0.4, -0.2) is 5.97 Å². The van der Waals surface area contributed by atoms with Crippen molar-refractivity contribution in [1.82, 2.24) is 0 Å². The van der Waals surface area contributed by atoms with Gasteiger partial charge in [0.05, 0.1) is 5.92 Å². The Kier molecular flexibility index (Phi) is 3.25. The van der Waals surface area contributed by atoms with Gasteiger partial charge in [-0.2, -0.15) is 5.90 Å². The van der Waals surface area contributed by atoms with Crippen molar-refractivity contribution in [2.45, 2.75) is 12.8 Å². The van der Waals surface area contributed by atoms with Crippen LogP contribution in [-0.2, 0) is 9.63 Å². The lowest BCUT2D eigenvalue weighted by atomic mass is 10.1. The first-order valence-corrected chi connectivity index (χ1v) is 4.97. The monoisotopic (exact) mass is 249 g/mol. The van der Waals surface area contributed by atoms with Crippen molar-refractivity contribution in [1.29, 1.82) is 0 Å². The van der Waals surface area contributed by atoms with Crippen molar-refractivity contribution in [3.8, 4) is 0 Å². The van der Waals surface area contributed by atoms with Gasteiger partial charge in [-0.25, -0.2) is 4.79 Å². The molecule has 1 aromatic heterocycles. The van der Waals surface area contributed by atoms with Crippen LogP contribution >= 0.6 is 27.3 Å². The Morgan fingerprint density at radius 3 is 2.92 bits per heavy atom. The van der Waals surface area contributed by atoms with Gasteiger partial charge in [-0.15, -0.1) is 11.3 Å². The Morgan fingerprint density at radius 2 is 2.50 bits per heavy atom. The van der Waals surface area contributed by atoms with E-state index in [1.807, 2.05) is 11.4 Å². The zero-order chi connectivity index (χ0) is 9.14. The maximum Gasteiger partial charge on any atom is 0.332 e. The van der Waals surface area contributed by atoms with Gasteiger partial charge in [-0.1, -0.05) is 0 Å². The Morgan fingerprint density at radius 1 is 1.83 bits per heavy atom. The topological polar surface area (TPSA) is 52.3 Å². The van der Waals surface area contributed by atoms with Crippen molar-refractivity contribution in [2.24, 2.45) is 5.90 Å². The lowest BCUT2D eigenvalue weighted by Gasteiger charge is -2.03. The highest BCUT2D eigenvalue weighted by Gasteiger charge is 2.17. The maximum atomic E-state index is 11.0. The Labute approximate surface area is 82.6 Å². The fraction of sp³-hybridized carbons (Fsp3) is 0.286. The molecule has 1 unspecified atom stereocenters. The second-order valence-corrected chi connectivity index (χ2v) is 4.18. The highest BCUT2D eigenvalue weighted by Crippen LogP contribution is 2.27. The molecule has 66 valence electrons. The normalized spacial score (nSPS) is 12.6. The van der Waals surface area contributed by atoms with Crippen LogP contribution in [0.25, 0.3) is 0 Å². The first-order valence-electron chi connectivity index (χ1n) is 3.29. The third-order valence-electron chi connectivity index (χ3n) is 1.48. The number of hydrogen-bond donors (Lipinski definition) is 1. The molecule has 12 heavy (non-hydrogen) atoms. The van der Waals surface area contributed by atoms with E-state index in [1.165, 1.54) is 11.3 Å². The molecule has 3 nitrogen and oxygen atoms in total. The molecule has 5 heteroatoms. The molecular formula is C7H8BrNO2S. The quantitative estimate of drug-likeness (QED) is 0.817. The summed E-state index contributed by atoms with van der Waals surface area (Å²) in [6, 6.07) is 1.88. The number of rotatable bonds is 2. The van der Waals surface area contributed by atoms with E-state index in [2.05, 4.69) is 20.8 Å². The fourth-order valence-electron chi connectivity index (χ4n) is 0.774. The largest absolute Gasteiger partial charge is 0.373 e. The zero-order valence-corrected chi connectivity index (χ0v) is 8.81. The van der Waals surface area contributed by atoms with Crippen molar-refractivity contribution >= 4 is 33.2 Å². The van der Waals surface area contributed by atoms with Crippen LogP contribution in [0.2, 0.25) is 0 Å². The molecule has 0 aliphatic rings. The number of thiophene rings is 1. The summed E-state index contributed by atoms with van der Waals surface area (Å²) >= 11 is 4.80. The molecule has 0 saturated heterocycles. The van der Waals surface area contributed by atoms with Crippen LogP contribution < -0.4 is 5.90 Å². The van der Waals surface area contributed by atoms with Gasteiger partial charge in [0, 0.05) is 14.7 Å². The SMILES string of the molecule is CC(C(=O)ON)c1cc(Br)cs1. The van der Waals surface area contributed by atoms with Gasteiger partial charge < -0.3 is 4.84 Å². The van der Waals surface area contributed by atoms with Gasteiger partial charge in [-0.3, -0.25) is 0 Å². The third kappa shape index (κ3) is 2.06. The van der Waals surface area contributed by atoms with Gasteiger partial charge in [-0.05, 0) is 28.9 Å². The molecule has 0 amide bonds. The van der Waals surface area contributed by atoms with Crippen LogP contribution in [0.5, 0.6) is 0 Å². The first kappa shape index (κ1) is 9.70. The summed E-state index contributed by atoms with van der Waals surface area (Å²) in [5, 5.41) is 1.91. The molecule has 1 aromatic rings. The number of hydrogen-bond acceptors (Lipinski definition) is 4. The molecule has 0 radical (unpaired) electrons. The number of carbonyl (C=O) groups is 1. The molecule has 0 bridgehead atoms. The van der Waals surface area contributed by atoms with Gasteiger partial charge >= 0.3 is 5.97 Å². The van der Waals surface area contributed by atoms with Crippen LogP contribution in [0, 0.1) is 0 Å². The summed E-state index contributed by atoms with van der Waals surface area (Å²) in [4.78, 5) is 16.0.